The van der Waals surface area contributed by atoms with Gasteiger partial charge in [-0.3, -0.25) is 9.88 Å². The molecule has 3 rings (SSSR count). The van der Waals surface area contributed by atoms with Gasteiger partial charge >= 0.3 is 0 Å². The Hall–Kier alpha value is -1.98. The largest absolute Gasteiger partial charge is 0.497 e. The second kappa shape index (κ2) is 7.93. The van der Waals surface area contributed by atoms with E-state index in [1.54, 1.807) is 13.2 Å². The topological polar surface area (TPSA) is 37.4 Å². The average Bonchev–Trinajstić information content (AvgIpc) is 3.01. The highest BCUT2D eigenvalue weighted by molar-refractivity contribution is 5.30. The molecular formula is C20H26FN3O. The number of pyridine rings is 1. The minimum absolute atomic E-state index is 0.100. The van der Waals surface area contributed by atoms with Crippen molar-refractivity contribution in [3.05, 3.63) is 59.7 Å². The molecule has 134 valence electrons. The summed E-state index contributed by atoms with van der Waals surface area (Å²) >= 11 is 0. The maximum absolute atomic E-state index is 13.0. The summed E-state index contributed by atoms with van der Waals surface area (Å²) in [7, 11) is 3.87. The molecule has 4 nitrogen and oxygen atoms in total. The second-order valence-corrected chi connectivity index (χ2v) is 6.78. The van der Waals surface area contributed by atoms with Gasteiger partial charge in [0.1, 0.15) is 11.6 Å². The van der Waals surface area contributed by atoms with E-state index in [2.05, 4.69) is 41.3 Å². The van der Waals surface area contributed by atoms with Crippen molar-refractivity contribution in [2.24, 2.45) is 5.92 Å². The van der Waals surface area contributed by atoms with Gasteiger partial charge in [-0.25, -0.2) is 4.39 Å². The molecule has 0 unspecified atom stereocenters. The number of nitrogens with zero attached hydrogens (tertiary/aromatic N) is 2. The Morgan fingerprint density at radius 1 is 1.28 bits per heavy atom. The number of hydrogen-bond acceptors (Lipinski definition) is 4. The zero-order chi connectivity index (χ0) is 17.8. The molecule has 1 aromatic carbocycles. The SMILES string of the molecule is COc1ccc([C@@H]2[C@H](CN[C@H](C)c3ccc(F)cn3)CCN2C)cc1. The van der Waals surface area contributed by atoms with Crippen molar-refractivity contribution >= 4 is 0 Å². The van der Waals surface area contributed by atoms with Crippen molar-refractivity contribution in [2.45, 2.75) is 25.4 Å². The molecule has 1 N–H and O–H groups in total. The normalized spacial score (nSPS) is 22.1. The van der Waals surface area contributed by atoms with Crippen LogP contribution in [0.5, 0.6) is 5.75 Å². The molecule has 1 saturated heterocycles. The van der Waals surface area contributed by atoms with E-state index >= 15 is 0 Å². The summed E-state index contributed by atoms with van der Waals surface area (Å²) in [5.41, 5.74) is 2.19. The molecule has 0 bridgehead atoms. The van der Waals surface area contributed by atoms with Crippen LogP contribution in [0.2, 0.25) is 0 Å². The fraction of sp³-hybridized carbons (Fsp3) is 0.450. The molecule has 1 aliphatic heterocycles. The molecule has 0 aliphatic carbocycles. The number of rotatable bonds is 6. The molecule has 0 spiro atoms. The minimum atomic E-state index is -0.298. The molecule has 0 saturated carbocycles. The monoisotopic (exact) mass is 343 g/mol. The summed E-state index contributed by atoms with van der Waals surface area (Å²) in [6.45, 7) is 4.06. The molecule has 0 radical (unpaired) electrons. The van der Waals surface area contributed by atoms with Crippen molar-refractivity contribution in [2.75, 3.05) is 27.2 Å². The lowest BCUT2D eigenvalue weighted by Gasteiger charge is -2.27. The summed E-state index contributed by atoms with van der Waals surface area (Å²) in [5.74, 6) is 1.12. The fourth-order valence-electron chi connectivity index (χ4n) is 3.64. The molecule has 1 fully saturated rings. The third-order valence-electron chi connectivity index (χ3n) is 5.11. The Kier molecular flexibility index (Phi) is 5.66. The van der Waals surface area contributed by atoms with Crippen molar-refractivity contribution < 1.29 is 9.13 Å². The summed E-state index contributed by atoms with van der Waals surface area (Å²) in [4.78, 5) is 6.58. The Morgan fingerprint density at radius 2 is 2.04 bits per heavy atom. The van der Waals surface area contributed by atoms with Crippen molar-refractivity contribution in [3.63, 3.8) is 0 Å². The molecule has 5 heteroatoms. The fourth-order valence-corrected chi connectivity index (χ4v) is 3.64. The summed E-state index contributed by atoms with van der Waals surface area (Å²) in [6.07, 6.45) is 2.43. The first-order chi connectivity index (χ1) is 12.1. The maximum Gasteiger partial charge on any atom is 0.141 e. The highest BCUT2D eigenvalue weighted by Gasteiger charge is 2.33. The van der Waals surface area contributed by atoms with Crippen LogP contribution in [-0.4, -0.2) is 37.1 Å². The molecule has 25 heavy (non-hydrogen) atoms. The van der Waals surface area contributed by atoms with Crippen LogP contribution in [0, 0.1) is 11.7 Å². The van der Waals surface area contributed by atoms with Gasteiger partial charge in [0.2, 0.25) is 0 Å². The van der Waals surface area contributed by atoms with Crippen LogP contribution in [0.15, 0.2) is 42.6 Å². The summed E-state index contributed by atoms with van der Waals surface area (Å²) in [5, 5.41) is 3.57. The number of halogens is 1. The number of likely N-dealkylation sites (tertiary alicyclic amines) is 1. The van der Waals surface area contributed by atoms with Crippen molar-refractivity contribution in [3.8, 4) is 5.75 Å². The first-order valence-electron chi connectivity index (χ1n) is 8.77. The number of aromatic nitrogens is 1. The Bertz CT molecular complexity index is 674. The van der Waals surface area contributed by atoms with Crippen LogP contribution in [0.3, 0.4) is 0 Å². The van der Waals surface area contributed by atoms with Crippen LogP contribution in [0.4, 0.5) is 4.39 Å². The summed E-state index contributed by atoms with van der Waals surface area (Å²) in [6, 6.07) is 12.1. The van der Waals surface area contributed by atoms with E-state index in [9.17, 15) is 4.39 Å². The van der Waals surface area contributed by atoms with Gasteiger partial charge in [-0.1, -0.05) is 12.1 Å². The summed E-state index contributed by atoms with van der Waals surface area (Å²) < 4.78 is 18.3. The van der Waals surface area contributed by atoms with Gasteiger partial charge in [0, 0.05) is 18.6 Å². The molecule has 3 atom stereocenters. The van der Waals surface area contributed by atoms with Crippen LogP contribution >= 0.6 is 0 Å². The maximum atomic E-state index is 13.0. The highest BCUT2D eigenvalue weighted by atomic mass is 19.1. The van der Waals surface area contributed by atoms with Gasteiger partial charge in [0.05, 0.1) is 19.0 Å². The zero-order valence-electron chi connectivity index (χ0n) is 15.1. The van der Waals surface area contributed by atoms with Gasteiger partial charge in [-0.2, -0.15) is 0 Å². The first-order valence-corrected chi connectivity index (χ1v) is 8.77. The molecule has 0 amide bonds. The van der Waals surface area contributed by atoms with E-state index in [1.807, 2.05) is 12.1 Å². The lowest BCUT2D eigenvalue weighted by atomic mass is 9.93. The van der Waals surface area contributed by atoms with Crippen LogP contribution in [0.1, 0.15) is 36.7 Å². The predicted molar refractivity (Wildman–Crippen MR) is 97.1 cm³/mol. The quantitative estimate of drug-likeness (QED) is 0.870. The standard InChI is InChI=1S/C20H26FN3O/c1-14(19-9-6-17(21)13-23-19)22-12-16-10-11-24(2)20(16)15-4-7-18(25-3)8-5-15/h4-9,13-14,16,20,22H,10-12H2,1-3H3/t14-,16+,20-/m1/s1. The van der Waals surface area contributed by atoms with Gasteiger partial charge in [-0.15, -0.1) is 0 Å². The molecule has 1 aliphatic rings. The predicted octanol–water partition coefficient (Wildman–Crippen LogP) is 3.57. The lowest BCUT2D eigenvalue weighted by molar-refractivity contribution is 0.268. The van der Waals surface area contributed by atoms with Crippen molar-refractivity contribution in [1.29, 1.82) is 0 Å². The van der Waals surface area contributed by atoms with E-state index in [1.165, 1.54) is 17.8 Å². The number of benzene rings is 1. The third kappa shape index (κ3) is 4.17. The highest BCUT2D eigenvalue weighted by Crippen LogP contribution is 2.36. The third-order valence-corrected chi connectivity index (χ3v) is 5.11. The van der Waals surface area contributed by atoms with E-state index in [0.717, 1.165) is 31.0 Å². The van der Waals surface area contributed by atoms with Gasteiger partial charge < -0.3 is 10.1 Å². The van der Waals surface area contributed by atoms with Gasteiger partial charge in [0.15, 0.2) is 0 Å². The molecule has 1 aromatic heterocycles. The van der Waals surface area contributed by atoms with E-state index in [4.69, 9.17) is 4.74 Å². The number of ether oxygens (including phenoxy) is 1. The lowest BCUT2D eigenvalue weighted by Crippen LogP contribution is -2.30. The van der Waals surface area contributed by atoms with E-state index in [0.29, 0.717) is 12.0 Å². The van der Waals surface area contributed by atoms with E-state index in [-0.39, 0.29) is 11.9 Å². The van der Waals surface area contributed by atoms with Gasteiger partial charge in [-0.05, 0) is 62.7 Å². The van der Waals surface area contributed by atoms with Crippen LogP contribution < -0.4 is 10.1 Å². The molecule has 2 aromatic rings. The molecule has 2 heterocycles. The average molecular weight is 343 g/mol. The minimum Gasteiger partial charge on any atom is -0.497 e. The smallest absolute Gasteiger partial charge is 0.141 e. The number of nitrogens with one attached hydrogen (secondary N) is 1. The zero-order valence-corrected chi connectivity index (χ0v) is 15.1. The van der Waals surface area contributed by atoms with Crippen LogP contribution in [-0.2, 0) is 0 Å². The Balaban J connectivity index is 1.65. The molecular weight excluding hydrogens is 317 g/mol. The number of methoxy groups -OCH3 is 1. The number of hydrogen-bond donors (Lipinski definition) is 1. The Morgan fingerprint density at radius 3 is 2.68 bits per heavy atom. The Labute approximate surface area is 149 Å². The first kappa shape index (κ1) is 17.8. The van der Waals surface area contributed by atoms with Crippen LogP contribution in [0.25, 0.3) is 0 Å². The van der Waals surface area contributed by atoms with Crippen molar-refractivity contribution in [1.82, 2.24) is 15.2 Å². The second-order valence-electron chi connectivity index (χ2n) is 6.78. The van der Waals surface area contributed by atoms with E-state index < -0.39 is 0 Å². The van der Waals surface area contributed by atoms with Gasteiger partial charge in [0.25, 0.3) is 0 Å².